The number of hydrogen-bond donors (Lipinski definition) is 0. The highest BCUT2D eigenvalue weighted by atomic mass is 16.7. The van der Waals surface area contributed by atoms with Crippen molar-refractivity contribution in [2.75, 3.05) is 26.9 Å². The minimum atomic E-state index is -0.603. The van der Waals surface area contributed by atoms with E-state index < -0.39 is 5.97 Å². The van der Waals surface area contributed by atoms with Gasteiger partial charge in [-0.05, 0) is 20.8 Å². The second-order valence-electron chi connectivity index (χ2n) is 2.41. The topological polar surface area (TPSA) is 54.0 Å². The van der Waals surface area contributed by atoms with Gasteiger partial charge in [0.15, 0.2) is 0 Å². The normalized spacial score (nSPS) is 9.07. The van der Waals surface area contributed by atoms with Crippen molar-refractivity contribution in [3.63, 3.8) is 0 Å². The van der Waals surface area contributed by atoms with Crippen molar-refractivity contribution in [3.05, 3.63) is 11.7 Å². The summed E-state index contributed by atoms with van der Waals surface area (Å²) < 4.78 is 20.0. The fourth-order valence-corrected chi connectivity index (χ4v) is 0.873. The molecule has 0 aromatic carbocycles. The van der Waals surface area contributed by atoms with Crippen molar-refractivity contribution in [1.29, 1.82) is 0 Å². The zero-order valence-corrected chi connectivity index (χ0v) is 9.66. The van der Waals surface area contributed by atoms with E-state index in [4.69, 9.17) is 14.2 Å². The summed E-state index contributed by atoms with van der Waals surface area (Å²) in [5.74, 6) is -0.550. The summed E-state index contributed by atoms with van der Waals surface area (Å²) >= 11 is 0. The molecule has 0 radical (unpaired) electrons. The van der Waals surface area contributed by atoms with Crippen LogP contribution >= 0.6 is 0 Å². The fraction of sp³-hybridized carbons (Fsp3) is 0.700. The lowest BCUT2D eigenvalue weighted by molar-refractivity contribution is -0.141. The molecule has 0 atom stereocenters. The molecule has 0 amide bonds. The van der Waals surface area contributed by atoms with Gasteiger partial charge in [-0.25, -0.2) is 4.79 Å². The first-order valence-corrected chi connectivity index (χ1v) is 4.92. The van der Waals surface area contributed by atoms with Crippen molar-refractivity contribution in [3.8, 4) is 0 Å². The smallest absolute Gasteiger partial charge is 0.381 e. The van der Waals surface area contributed by atoms with Crippen LogP contribution in [0.1, 0.15) is 20.8 Å². The van der Waals surface area contributed by atoms with Crippen molar-refractivity contribution < 1.29 is 23.7 Å². The predicted molar refractivity (Wildman–Crippen MR) is 53.9 cm³/mol. The first-order chi connectivity index (χ1) is 7.21. The second-order valence-corrected chi connectivity index (χ2v) is 2.41. The average molecular weight is 218 g/mol. The molecule has 5 nitrogen and oxygen atoms in total. The monoisotopic (exact) mass is 218 g/mol. The minimum Gasteiger partial charge on any atom is -0.482 e. The molecular weight excluding hydrogens is 200 g/mol. The Bertz CT molecular complexity index is 214. The summed E-state index contributed by atoms with van der Waals surface area (Å²) in [7, 11) is 1.27. The van der Waals surface area contributed by atoms with Crippen LogP contribution in [0, 0.1) is 0 Å². The van der Waals surface area contributed by atoms with Gasteiger partial charge in [-0.2, -0.15) is 0 Å². The molecule has 0 aliphatic rings. The molecule has 0 heterocycles. The number of rotatable bonds is 7. The fourth-order valence-electron chi connectivity index (χ4n) is 0.873. The second kappa shape index (κ2) is 7.96. The number of methoxy groups -OCH3 is 1. The van der Waals surface area contributed by atoms with Crippen molar-refractivity contribution in [2.45, 2.75) is 20.8 Å². The SMILES string of the molecule is CCOC(OCC)=C(OCC)C(=O)OC. The standard InChI is InChI=1S/C10H18O5/c1-5-13-8(9(11)12-4)10(14-6-2)15-7-3/h5-7H2,1-4H3. The third kappa shape index (κ3) is 4.58. The lowest BCUT2D eigenvalue weighted by Crippen LogP contribution is -2.14. The Kier molecular flexibility index (Phi) is 7.23. The molecule has 0 aromatic heterocycles. The first kappa shape index (κ1) is 13.6. The van der Waals surface area contributed by atoms with Crippen LogP contribution in [0.2, 0.25) is 0 Å². The van der Waals surface area contributed by atoms with Crippen LogP contribution in [-0.4, -0.2) is 32.9 Å². The molecule has 0 aliphatic heterocycles. The molecule has 0 saturated heterocycles. The molecule has 0 unspecified atom stereocenters. The molecule has 88 valence electrons. The Morgan fingerprint density at radius 3 is 1.73 bits per heavy atom. The van der Waals surface area contributed by atoms with Gasteiger partial charge in [-0.3, -0.25) is 0 Å². The summed E-state index contributed by atoms with van der Waals surface area (Å²) in [5, 5.41) is 0. The molecular formula is C10H18O5. The first-order valence-electron chi connectivity index (χ1n) is 4.92. The molecule has 0 fully saturated rings. The van der Waals surface area contributed by atoms with Gasteiger partial charge in [-0.1, -0.05) is 0 Å². The van der Waals surface area contributed by atoms with Gasteiger partial charge in [-0.15, -0.1) is 0 Å². The van der Waals surface area contributed by atoms with Gasteiger partial charge in [0.2, 0.25) is 0 Å². The number of carbonyl (C=O) groups excluding carboxylic acids is 1. The van der Waals surface area contributed by atoms with Gasteiger partial charge in [0.05, 0.1) is 26.9 Å². The van der Waals surface area contributed by atoms with E-state index in [1.165, 1.54) is 7.11 Å². The van der Waals surface area contributed by atoms with E-state index in [1.54, 1.807) is 20.8 Å². The Hall–Kier alpha value is -1.39. The van der Waals surface area contributed by atoms with Gasteiger partial charge < -0.3 is 18.9 Å². The van der Waals surface area contributed by atoms with Crippen LogP contribution in [0.3, 0.4) is 0 Å². The molecule has 0 saturated carbocycles. The van der Waals surface area contributed by atoms with Crippen LogP contribution < -0.4 is 0 Å². The summed E-state index contributed by atoms with van der Waals surface area (Å²) in [6.45, 7) is 6.47. The van der Waals surface area contributed by atoms with Crippen LogP contribution in [0.4, 0.5) is 0 Å². The van der Waals surface area contributed by atoms with Crippen LogP contribution in [0.15, 0.2) is 11.7 Å². The van der Waals surface area contributed by atoms with E-state index in [-0.39, 0.29) is 11.7 Å². The molecule has 0 aromatic rings. The lowest BCUT2D eigenvalue weighted by Gasteiger charge is -2.13. The van der Waals surface area contributed by atoms with Crippen molar-refractivity contribution in [1.82, 2.24) is 0 Å². The molecule has 5 heteroatoms. The van der Waals surface area contributed by atoms with Gasteiger partial charge in [0, 0.05) is 0 Å². The number of carbonyl (C=O) groups is 1. The third-order valence-corrected chi connectivity index (χ3v) is 1.40. The highest BCUT2D eigenvalue weighted by molar-refractivity contribution is 5.86. The maximum Gasteiger partial charge on any atom is 0.381 e. The van der Waals surface area contributed by atoms with E-state index in [0.29, 0.717) is 19.8 Å². The number of esters is 1. The summed E-state index contributed by atoms with van der Waals surface area (Å²) in [6, 6.07) is 0. The van der Waals surface area contributed by atoms with Crippen LogP contribution in [0.5, 0.6) is 0 Å². The average Bonchev–Trinajstić information content (AvgIpc) is 2.25. The molecule has 0 N–H and O–H groups in total. The zero-order valence-electron chi connectivity index (χ0n) is 9.66. The largest absolute Gasteiger partial charge is 0.482 e. The van der Waals surface area contributed by atoms with Crippen LogP contribution in [0.25, 0.3) is 0 Å². The Labute approximate surface area is 89.9 Å². The molecule has 0 rings (SSSR count). The van der Waals surface area contributed by atoms with E-state index in [9.17, 15) is 4.79 Å². The molecule has 0 bridgehead atoms. The third-order valence-electron chi connectivity index (χ3n) is 1.40. The Balaban J connectivity index is 4.85. The van der Waals surface area contributed by atoms with E-state index in [1.807, 2.05) is 0 Å². The van der Waals surface area contributed by atoms with Gasteiger partial charge in [0.25, 0.3) is 5.76 Å². The molecule has 0 spiro atoms. The van der Waals surface area contributed by atoms with E-state index >= 15 is 0 Å². The molecule has 15 heavy (non-hydrogen) atoms. The van der Waals surface area contributed by atoms with Crippen LogP contribution in [-0.2, 0) is 23.7 Å². The number of ether oxygens (including phenoxy) is 4. The van der Waals surface area contributed by atoms with Gasteiger partial charge in [0.1, 0.15) is 0 Å². The van der Waals surface area contributed by atoms with Crippen molar-refractivity contribution in [2.24, 2.45) is 0 Å². The highest BCUT2D eigenvalue weighted by Gasteiger charge is 2.20. The lowest BCUT2D eigenvalue weighted by atomic mass is 10.5. The minimum absolute atomic E-state index is 0.0244. The Morgan fingerprint density at radius 1 is 0.933 bits per heavy atom. The van der Waals surface area contributed by atoms with E-state index in [0.717, 1.165) is 0 Å². The zero-order chi connectivity index (χ0) is 11.7. The van der Waals surface area contributed by atoms with Gasteiger partial charge >= 0.3 is 11.9 Å². The summed E-state index contributed by atoms with van der Waals surface area (Å²) in [4.78, 5) is 11.3. The van der Waals surface area contributed by atoms with E-state index in [2.05, 4.69) is 4.74 Å². The maximum absolute atomic E-state index is 11.3. The predicted octanol–water partition coefficient (Wildman–Crippen LogP) is 1.44. The summed E-state index contributed by atoms with van der Waals surface area (Å²) in [5.41, 5.74) is 0. The Morgan fingerprint density at radius 2 is 1.40 bits per heavy atom. The quantitative estimate of drug-likeness (QED) is 0.367. The summed E-state index contributed by atoms with van der Waals surface area (Å²) in [6.07, 6.45) is 0. The van der Waals surface area contributed by atoms with Crippen molar-refractivity contribution >= 4 is 5.97 Å². The highest BCUT2D eigenvalue weighted by Crippen LogP contribution is 2.11. The number of hydrogen-bond acceptors (Lipinski definition) is 5. The molecule has 0 aliphatic carbocycles. The maximum atomic E-state index is 11.3.